The number of carbonyl (C=O) groups excluding carboxylic acids is 1. The molecule has 1 aromatic carbocycles. The molecule has 0 aliphatic carbocycles. The molecule has 1 saturated heterocycles. The van der Waals surface area contributed by atoms with Gasteiger partial charge in [-0.05, 0) is 24.2 Å². The molecule has 1 aliphatic heterocycles. The van der Waals surface area contributed by atoms with Crippen molar-refractivity contribution in [1.29, 1.82) is 0 Å². The van der Waals surface area contributed by atoms with Crippen molar-refractivity contribution in [2.75, 3.05) is 7.05 Å². The molecule has 4 rings (SSSR count). The lowest BCUT2D eigenvalue weighted by Crippen LogP contribution is -2.36. The van der Waals surface area contributed by atoms with Crippen molar-refractivity contribution in [1.82, 2.24) is 30.2 Å². The van der Waals surface area contributed by atoms with Crippen molar-refractivity contribution in [3.8, 4) is 0 Å². The summed E-state index contributed by atoms with van der Waals surface area (Å²) in [4.78, 5) is 18.4. The Morgan fingerprint density at radius 3 is 2.62 bits per heavy atom. The number of amides is 1. The van der Waals surface area contributed by atoms with Crippen LogP contribution in [-0.2, 0) is 35.7 Å². The van der Waals surface area contributed by atoms with Crippen LogP contribution in [0.4, 0.5) is 0 Å². The van der Waals surface area contributed by atoms with Gasteiger partial charge in [0.05, 0.1) is 24.8 Å². The minimum atomic E-state index is -1.16. The first-order valence-electron chi connectivity index (χ1n) is 11.3. The van der Waals surface area contributed by atoms with Crippen molar-refractivity contribution in [3.63, 3.8) is 0 Å². The maximum Gasteiger partial charge on any atom is 0.222 e. The quantitative estimate of drug-likeness (QED) is 0.395. The molecule has 1 aliphatic rings. The number of aliphatic hydroxyl groups is 2. The summed E-state index contributed by atoms with van der Waals surface area (Å²) >= 11 is 0. The Morgan fingerprint density at radius 2 is 1.85 bits per heavy atom. The van der Waals surface area contributed by atoms with Crippen LogP contribution in [0.3, 0.4) is 0 Å². The van der Waals surface area contributed by atoms with Gasteiger partial charge in [-0.1, -0.05) is 41.6 Å². The topological polar surface area (TPSA) is 126 Å². The molecular weight excluding hydrogens is 436 g/mol. The number of ether oxygens (including phenoxy) is 1. The predicted octanol–water partition coefficient (Wildman–Crippen LogP) is 0.501. The number of nitrogens with zero attached hydrogens (tertiary/aromatic N) is 5. The molecule has 3 heterocycles. The van der Waals surface area contributed by atoms with E-state index in [1.165, 1.54) is 5.56 Å². The summed E-state index contributed by atoms with van der Waals surface area (Å²) in [6, 6.07) is 13.8. The highest BCUT2D eigenvalue weighted by atomic mass is 16.5. The number of carbonyl (C=O) groups is 1. The van der Waals surface area contributed by atoms with E-state index in [-0.39, 0.29) is 18.9 Å². The van der Waals surface area contributed by atoms with E-state index in [1.807, 2.05) is 31.3 Å². The van der Waals surface area contributed by atoms with E-state index in [2.05, 4.69) is 37.6 Å². The number of hydrogen-bond acceptors (Lipinski definition) is 8. The third-order valence-corrected chi connectivity index (χ3v) is 5.74. The van der Waals surface area contributed by atoms with E-state index < -0.39 is 24.4 Å². The molecule has 3 N–H and O–H groups in total. The lowest BCUT2D eigenvalue weighted by atomic mass is 10.1. The van der Waals surface area contributed by atoms with Gasteiger partial charge in [0.2, 0.25) is 5.91 Å². The Bertz CT molecular complexity index is 1050. The molecule has 0 radical (unpaired) electrons. The van der Waals surface area contributed by atoms with Crippen LogP contribution in [0.15, 0.2) is 61.1 Å². The van der Waals surface area contributed by atoms with E-state index in [0.717, 1.165) is 17.8 Å². The first-order chi connectivity index (χ1) is 16.5. The van der Waals surface area contributed by atoms with Gasteiger partial charge in [-0.2, -0.15) is 0 Å². The lowest BCUT2D eigenvalue weighted by molar-refractivity contribution is -0.125. The molecule has 0 bridgehead atoms. The molecule has 1 amide bonds. The molecule has 0 saturated carbocycles. The predicted molar refractivity (Wildman–Crippen MR) is 123 cm³/mol. The van der Waals surface area contributed by atoms with E-state index in [9.17, 15) is 15.0 Å². The summed E-state index contributed by atoms with van der Waals surface area (Å²) in [6.07, 6.45) is 1.32. The van der Waals surface area contributed by atoms with E-state index in [0.29, 0.717) is 13.1 Å². The molecule has 2 aromatic heterocycles. The standard InChI is InChI=1S/C24H30N6O4/c1-29(13-17-6-3-2-4-7-17)14-19-15-30(28-27-19)16-21-24(33)23(32)20(34-21)10-22(31)26-12-18-8-5-9-25-11-18/h2-9,11,15,20-21,23-24,32-33H,10,12-14,16H2,1H3,(H,26,31). The molecule has 4 atom stereocenters. The Morgan fingerprint density at radius 1 is 1.09 bits per heavy atom. The van der Waals surface area contributed by atoms with Gasteiger partial charge in [-0.3, -0.25) is 14.7 Å². The highest BCUT2D eigenvalue weighted by Crippen LogP contribution is 2.25. The van der Waals surface area contributed by atoms with E-state index >= 15 is 0 Å². The van der Waals surface area contributed by atoms with Crippen LogP contribution in [0.2, 0.25) is 0 Å². The molecule has 0 spiro atoms. The van der Waals surface area contributed by atoms with Gasteiger partial charge in [-0.25, -0.2) is 4.68 Å². The zero-order valence-corrected chi connectivity index (χ0v) is 19.1. The second-order valence-electron chi connectivity index (χ2n) is 8.63. The number of aromatic nitrogens is 4. The summed E-state index contributed by atoms with van der Waals surface area (Å²) in [5, 5.41) is 31.9. The van der Waals surface area contributed by atoms with Crippen LogP contribution >= 0.6 is 0 Å². The minimum Gasteiger partial charge on any atom is -0.388 e. The Balaban J connectivity index is 1.25. The van der Waals surface area contributed by atoms with Crippen LogP contribution in [0, 0.1) is 0 Å². The maximum absolute atomic E-state index is 12.3. The van der Waals surface area contributed by atoms with Crippen molar-refractivity contribution in [2.45, 2.75) is 57.0 Å². The number of benzene rings is 1. The van der Waals surface area contributed by atoms with Gasteiger partial charge in [0, 0.05) is 38.2 Å². The zero-order valence-electron chi connectivity index (χ0n) is 19.1. The smallest absolute Gasteiger partial charge is 0.222 e. The van der Waals surface area contributed by atoms with Crippen LogP contribution in [0.25, 0.3) is 0 Å². The number of pyridine rings is 1. The second kappa shape index (κ2) is 11.3. The number of rotatable bonds is 10. The van der Waals surface area contributed by atoms with Gasteiger partial charge in [0.25, 0.3) is 0 Å². The molecule has 10 nitrogen and oxygen atoms in total. The second-order valence-corrected chi connectivity index (χ2v) is 8.63. The number of nitrogens with one attached hydrogen (secondary N) is 1. The molecule has 1 fully saturated rings. The van der Waals surface area contributed by atoms with Crippen LogP contribution in [0.5, 0.6) is 0 Å². The van der Waals surface area contributed by atoms with Crippen LogP contribution in [0.1, 0.15) is 23.2 Å². The Hall–Kier alpha value is -3.18. The van der Waals surface area contributed by atoms with Gasteiger partial charge >= 0.3 is 0 Å². The van der Waals surface area contributed by atoms with Crippen molar-refractivity contribution in [3.05, 3.63) is 77.9 Å². The van der Waals surface area contributed by atoms with Crippen LogP contribution in [-0.4, -0.2) is 72.5 Å². The first kappa shape index (κ1) is 24.0. The summed E-state index contributed by atoms with van der Waals surface area (Å²) in [5.41, 5.74) is 2.88. The summed E-state index contributed by atoms with van der Waals surface area (Å²) < 4.78 is 7.40. The molecule has 10 heteroatoms. The highest BCUT2D eigenvalue weighted by Gasteiger charge is 2.43. The van der Waals surface area contributed by atoms with Crippen molar-refractivity contribution >= 4 is 5.91 Å². The molecule has 34 heavy (non-hydrogen) atoms. The molecular formula is C24H30N6O4. The normalized spacial score (nSPS) is 22.2. The number of hydrogen-bond donors (Lipinski definition) is 3. The first-order valence-corrected chi connectivity index (χ1v) is 11.3. The SMILES string of the molecule is CN(Cc1ccccc1)Cc1cn(CC2OC(CC(=O)NCc3cccnc3)C(O)C2O)nn1. The largest absolute Gasteiger partial charge is 0.388 e. The number of aliphatic hydroxyl groups excluding tert-OH is 2. The van der Waals surface area contributed by atoms with Crippen molar-refractivity contribution < 1.29 is 19.7 Å². The minimum absolute atomic E-state index is 0.0537. The molecule has 3 aromatic rings. The van der Waals surface area contributed by atoms with Crippen LogP contribution < -0.4 is 5.32 Å². The highest BCUT2D eigenvalue weighted by molar-refractivity contribution is 5.76. The fourth-order valence-corrected chi connectivity index (χ4v) is 4.02. The van der Waals surface area contributed by atoms with E-state index in [1.54, 1.807) is 29.3 Å². The van der Waals surface area contributed by atoms with Gasteiger partial charge in [0.15, 0.2) is 0 Å². The van der Waals surface area contributed by atoms with E-state index in [4.69, 9.17) is 4.74 Å². The maximum atomic E-state index is 12.3. The zero-order chi connectivity index (χ0) is 23.9. The monoisotopic (exact) mass is 466 g/mol. The molecule has 180 valence electrons. The van der Waals surface area contributed by atoms with Gasteiger partial charge in [0.1, 0.15) is 18.3 Å². The third-order valence-electron chi connectivity index (χ3n) is 5.74. The van der Waals surface area contributed by atoms with Crippen molar-refractivity contribution in [2.24, 2.45) is 0 Å². The Kier molecular flexibility index (Phi) is 7.96. The summed E-state index contributed by atoms with van der Waals surface area (Å²) in [7, 11) is 2.01. The average Bonchev–Trinajstić information content (AvgIpc) is 3.38. The lowest BCUT2D eigenvalue weighted by Gasteiger charge is -2.15. The van der Waals surface area contributed by atoms with Gasteiger partial charge in [-0.15, -0.1) is 5.10 Å². The fourth-order valence-electron chi connectivity index (χ4n) is 4.02. The third kappa shape index (κ3) is 6.45. The van der Waals surface area contributed by atoms with Gasteiger partial charge < -0.3 is 20.3 Å². The summed E-state index contributed by atoms with van der Waals surface area (Å²) in [5.74, 6) is -0.273. The fraction of sp³-hybridized carbons (Fsp3) is 0.417. The average molecular weight is 467 g/mol. The Labute approximate surface area is 198 Å². The summed E-state index contributed by atoms with van der Waals surface area (Å²) in [6.45, 7) is 1.96. The molecule has 4 unspecified atom stereocenters.